The minimum absolute atomic E-state index is 0.560. The fourth-order valence-electron chi connectivity index (χ4n) is 1.71. The number of ether oxygens (including phenoxy) is 1. The Morgan fingerprint density at radius 3 is 2.80 bits per heavy atom. The fraction of sp³-hybridized carbons (Fsp3) is 0.800. The lowest BCUT2D eigenvalue weighted by atomic mass is 10.2. The Hall–Kier alpha value is -0.940. The zero-order valence-corrected chi connectivity index (χ0v) is 9.60. The first-order valence-electron chi connectivity index (χ1n) is 5.39. The van der Waals surface area contributed by atoms with Crippen LogP contribution in [0.3, 0.4) is 0 Å². The van der Waals surface area contributed by atoms with Crippen LogP contribution >= 0.6 is 0 Å². The molecule has 0 unspecified atom stereocenters. The summed E-state index contributed by atoms with van der Waals surface area (Å²) in [6, 6.07) is 0.560. The van der Waals surface area contributed by atoms with Crippen LogP contribution in [0.2, 0.25) is 0 Å². The third-order valence-electron chi connectivity index (χ3n) is 2.97. The van der Waals surface area contributed by atoms with Crippen molar-refractivity contribution in [2.75, 3.05) is 20.3 Å². The maximum atomic E-state index is 5.18. The van der Waals surface area contributed by atoms with Crippen LogP contribution in [0.5, 0.6) is 0 Å². The molecule has 0 bridgehead atoms. The monoisotopic (exact) mass is 210 g/mol. The van der Waals surface area contributed by atoms with Crippen molar-refractivity contribution < 1.29 is 4.74 Å². The molecular weight excluding hydrogens is 192 g/mol. The maximum absolute atomic E-state index is 5.18. The highest BCUT2D eigenvalue weighted by Gasteiger charge is 2.24. The van der Waals surface area contributed by atoms with Crippen LogP contribution in [0.25, 0.3) is 0 Å². The molecule has 0 spiro atoms. The van der Waals surface area contributed by atoms with Crippen LogP contribution in [-0.2, 0) is 17.8 Å². The summed E-state index contributed by atoms with van der Waals surface area (Å²) in [5.74, 6) is 0. The zero-order chi connectivity index (χ0) is 10.8. The largest absolute Gasteiger partial charge is 0.378 e. The first kappa shape index (κ1) is 10.6. The van der Waals surface area contributed by atoms with Crippen LogP contribution in [0.4, 0.5) is 0 Å². The van der Waals surface area contributed by atoms with Crippen LogP contribution in [0.1, 0.15) is 18.3 Å². The van der Waals surface area contributed by atoms with E-state index in [1.165, 1.54) is 5.69 Å². The third kappa shape index (κ3) is 2.03. The predicted molar refractivity (Wildman–Crippen MR) is 56.5 cm³/mol. The smallest absolute Gasteiger partial charge is 0.0841 e. The van der Waals surface area contributed by atoms with Gasteiger partial charge in [-0.2, -0.15) is 0 Å². The van der Waals surface area contributed by atoms with E-state index in [-0.39, 0.29) is 0 Å². The Balaban J connectivity index is 2.04. The number of hydrogen-bond acceptors (Lipinski definition) is 4. The summed E-state index contributed by atoms with van der Waals surface area (Å²) >= 11 is 0. The molecule has 0 N–H and O–H groups in total. The molecule has 1 aliphatic heterocycles. The molecule has 1 aromatic heterocycles. The lowest BCUT2D eigenvalue weighted by molar-refractivity contribution is -0.0593. The molecule has 0 aromatic carbocycles. The van der Waals surface area contributed by atoms with E-state index in [1.54, 1.807) is 0 Å². The molecule has 84 valence electrons. The molecule has 1 fully saturated rings. The van der Waals surface area contributed by atoms with Crippen molar-refractivity contribution in [2.24, 2.45) is 0 Å². The summed E-state index contributed by atoms with van der Waals surface area (Å²) in [4.78, 5) is 2.31. The minimum atomic E-state index is 0.560. The van der Waals surface area contributed by atoms with Gasteiger partial charge in [-0.15, -0.1) is 5.10 Å². The number of likely N-dealkylation sites (N-methyl/N-ethyl adjacent to an activating group) is 1. The SMILES string of the molecule is CCn1nnc(C)c1CN(C)C1COC1. The summed E-state index contributed by atoms with van der Waals surface area (Å²) in [6.45, 7) is 7.59. The van der Waals surface area contributed by atoms with Gasteiger partial charge < -0.3 is 4.74 Å². The Bertz CT molecular complexity index is 332. The lowest BCUT2D eigenvalue weighted by Crippen LogP contribution is -2.46. The van der Waals surface area contributed by atoms with E-state index in [4.69, 9.17) is 4.74 Å². The van der Waals surface area contributed by atoms with Crippen molar-refractivity contribution in [3.63, 3.8) is 0 Å². The van der Waals surface area contributed by atoms with Crippen LogP contribution < -0.4 is 0 Å². The van der Waals surface area contributed by atoms with Gasteiger partial charge in [0, 0.05) is 13.1 Å². The first-order valence-corrected chi connectivity index (χ1v) is 5.39. The van der Waals surface area contributed by atoms with E-state index in [0.29, 0.717) is 6.04 Å². The van der Waals surface area contributed by atoms with Gasteiger partial charge in [0.25, 0.3) is 0 Å². The van der Waals surface area contributed by atoms with Gasteiger partial charge in [0.2, 0.25) is 0 Å². The normalized spacial score (nSPS) is 17.1. The molecule has 1 aromatic rings. The second-order valence-electron chi connectivity index (χ2n) is 4.04. The van der Waals surface area contributed by atoms with Gasteiger partial charge in [-0.05, 0) is 20.9 Å². The van der Waals surface area contributed by atoms with Gasteiger partial charge >= 0.3 is 0 Å². The molecule has 2 heterocycles. The van der Waals surface area contributed by atoms with Crippen molar-refractivity contribution >= 4 is 0 Å². The molecule has 2 rings (SSSR count). The second-order valence-corrected chi connectivity index (χ2v) is 4.04. The third-order valence-corrected chi connectivity index (χ3v) is 2.97. The van der Waals surface area contributed by atoms with Crippen LogP contribution in [-0.4, -0.2) is 46.2 Å². The molecule has 0 amide bonds. The number of rotatable bonds is 4. The Morgan fingerprint density at radius 1 is 1.53 bits per heavy atom. The van der Waals surface area contributed by atoms with Gasteiger partial charge in [0.1, 0.15) is 0 Å². The Labute approximate surface area is 90.0 Å². The second kappa shape index (κ2) is 4.28. The first-order chi connectivity index (χ1) is 7.22. The molecule has 0 saturated carbocycles. The van der Waals surface area contributed by atoms with Gasteiger partial charge in [-0.3, -0.25) is 4.90 Å². The average molecular weight is 210 g/mol. The van der Waals surface area contributed by atoms with E-state index in [2.05, 4.69) is 29.2 Å². The quantitative estimate of drug-likeness (QED) is 0.723. The standard InChI is InChI=1S/C10H18N4O/c1-4-14-10(8(2)11-12-14)5-13(3)9-6-15-7-9/h9H,4-7H2,1-3H3. The maximum Gasteiger partial charge on any atom is 0.0841 e. The Morgan fingerprint density at radius 2 is 2.27 bits per heavy atom. The van der Waals surface area contributed by atoms with Crippen molar-refractivity contribution in [1.82, 2.24) is 19.9 Å². The average Bonchev–Trinajstić information content (AvgIpc) is 2.45. The van der Waals surface area contributed by atoms with Gasteiger partial charge in [0.15, 0.2) is 0 Å². The van der Waals surface area contributed by atoms with Gasteiger partial charge in [-0.25, -0.2) is 4.68 Å². The van der Waals surface area contributed by atoms with Crippen molar-refractivity contribution in [3.05, 3.63) is 11.4 Å². The number of hydrogen-bond donors (Lipinski definition) is 0. The predicted octanol–water partition coefficient (Wildman–Crippen LogP) is 0.437. The summed E-state index contributed by atoms with van der Waals surface area (Å²) in [5, 5.41) is 8.20. The summed E-state index contributed by atoms with van der Waals surface area (Å²) in [7, 11) is 2.12. The molecule has 0 radical (unpaired) electrons. The van der Waals surface area contributed by atoms with Crippen LogP contribution in [0, 0.1) is 6.92 Å². The summed E-state index contributed by atoms with van der Waals surface area (Å²) in [6.07, 6.45) is 0. The number of aryl methyl sites for hydroxylation is 2. The van der Waals surface area contributed by atoms with E-state index < -0.39 is 0 Å². The van der Waals surface area contributed by atoms with E-state index >= 15 is 0 Å². The van der Waals surface area contributed by atoms with E-state index in [9.17, 15) is 0 Å². The minimum Gasteiger partial charge on any atom is -0.378 e. The van der Waals surface area contributed by atoms with Gasteiger partial charge in [0.05, 0.1) is 30.6 Å². The highest BCUT2D eigenvalue weighted by molar-refractivity contribution is 5.08. The van der Waals surface area contributed by atoms with E-state index in [0.717, 1.165) is 32.0 Å². The molecule has 1 aliphatic rings. The highest BCUT2D eigenvalue weighted by atomic mass is 16.5. The van der Waals surface area contributed by atoms with Crippen molar-refractivity contribution in [2.45, 2.75) is 33.0 Å². The van der Waals surface area contributed by atoms with Crippen molar-refractivity contribution in [1.29, 1.82) is 0 Å². The van der Waals surface area contributed by atoms with Crippen molar-refractivity contribution in [3.8, 4) is 0 Å². The number of aromatic nitrogens is 3. The summed E-state index contributed by atoms with van der Waals surface area (Å²) in [5.41, 5.74) is 2.25. The molecular formula is C10H18N4O. The highest BCUT2D eigenvalue weighted by Crippen LogP contribution is 2.13. The molecule has 0 aliphatic carbocycles. The molecule has 0 atom stereocenters. The lowest BCUT2D eigenvalue weighted by Gasteiger charge is -2.34. The molecule has 5 nitrogen and oxygen atoms in total. The molecule has 1 saturated heterocycles. The topological polar surface area (TPSA) is 43.2 Å². The number of nitrogens with zero attached hydrogens (tertiary/aromatic N) is 4. The van der Waals surface area contributed by atoms with Gasteiger partial charge in [-0.1, -0.05) is 5.21 Å². The van der Waals surface area contributed by atoms with E-state index in [1.807, 2.05) is 11.6 Å². The molecule has 5 heteroatoms. The Kier molecular flexibility index (Phi) is 3.02. The zero-order valence-electron chi connectivity index (χ0n) is 9.60. The van der Waals surface area contributed by atoms with Crippen LogP contribution in [0.15, 0.2) is 0 Å². The molecule has 15 heavy (non-hydrogen) atoms. The fourth-order valence-corrected chi connectivity index (χ4v) is 1.71. The summed E-state index contributed by atoms with van der Waals surface area (Å²) < 4.78 is 7.15.